The summed E-state index contributed by atoms with van der Waals surface area (Å²) >= 11 is 0. The summed E-state index contributed by atoms with van der Waals surface area (Å²) in [5.41, 5.74) is 9.29. The summed E-state index contributed by atoms with van der Waals surface area (Å²) in [6.45, 7) is 0. The van der Waals surface area contributed by atoms with E-state index in [4.69, 9.17) is 10.5 Å². The normalized spacial score (nSPS) is 18.9. The number of rotatable bonds is 3. The first-order chi connectivity index (χ1) is 10.3. The van der Waals surface area contributed by atoms with Gasteiger partial charge in [0.05, 0.1) is 12.3 Å². The van der Waals surface area contributed by atoms with E-state index in [0.29, 0.717) is 0 Å². The highest BCUT2D eigenvalue weighted by Gasteiger charge is 2.05. The fourth-order valence-electron chi connectivity index (χ4n) is 2.18. The van der Waals surface area contributed by atoms with Gasteiger partial charge in [-0.3, -0.25) is 0 Å². The van der Waals surface area contributed by atoms with E-state index in [0.717, 1.165) is 11.3 Å². The van der Waals surface area contributed by atoms with Gasteiger partial charge in [-0.05, 0) is 23.3 Å². The van der Waals surface area contributed by atoms with Crippen LogP contribution in [-0.4, -0.2) is 6.04 Å². The molecular formula is C19H17NO. The van der Waals surface area contributed by atoms with Crippen LogP contribution in [0, 0.1) is 0 Å². The summed E-state index contributed by atoms with van der Waals surface area (Å²) in [5.74, 6) is 0.803. The Bertz CT molecular complexity index is 681. The number of allylic oxidation sites excluding steroid dienone is 2. The molecule has 0 saturated heterocycles. The molecule has 2 aromatic carbocycles. The fourth-order valence-corrected chi connectivity index (χ4v) is 2.18. The van der Waals surface area contributed by atoms with Crippen molar-refractivity contribution in [3.8, 4) is 16.9 Å². The van der Waals surface area contributed by atoms with E-state index in [-0.39, 0.29) is 6.04 Å². The minimum atomic E-state index is -0.0985. The van der Waals surface area contributed by atoms with E-state index in [9.17, 15) is 0 Å². The first kappa shape index (κ1) is 13.4. The molecule has 1 aliphatic carbocycles. The van der Waals surface area contributed by atoms with Crippen molar-refractivity contribution in [1.29, 1.82) is 0 Å². The number of ether oxygens (including phenoxy) is 1. The van der Waals surface area contributed by atoms with Crippen molar-refractivity contribution in [3.05, 3.63) is 90.7 Å². The predicted molar refractivity (Wildman–Crippen MR) is 86.8 cm³/mol. The highest BCUT2D eigenvalue weighted by atomic mass is 16.5. The third kappa shape index (κ3) is 3.30. The monoisotopic (exact) mass is 275 g/mol. The van der Waals surface area contributed by atoms with Crippen molar-refractivity contribution in [3.63, 3.8) is 0 Å². The number of benzene rings is 2. The molecule has 0 spiro atoms. The van der Waals surface area contributed by atoms with Gasteiger partial charge in [0.1, 0.15) is 5.75 Å². The molecule has 1 atom stereocenters. The zero-order valence-electron chi connectivity index (χ0n) is 11.6. The third-order valence-electron chi connectivity index (χ3n) is 3.40. The zero-order chi connectivity index (χ0) is 14.5. The van der Waals surface area contributed by atoms with Crippen molar-refractivity contribution in [2.75, 3.05) is 0 Å². The molecule has 0 heterocycles. The maximum absolute atomic E-state index is 5.96. The highest BCUT2D eigenvalue weighted by Crippen LogP contribution is 2.22. The Balaban J connectivity index is 1.72. The van der Waals surface area contributed by atoms with Gasteiger partial charge in [0.2, 0.25) is 0 Å². The third-order valence-corrected chi connectivity index (χ3v) is 3.40. The van der Waals surface area contributed by atoms with Gasteiger partial charge in [0.25, 0.3) is 0 Å². The highest BCUT2D eigenvalue weighted by molar-refractivity contribution is 5.63. The van der Waals surface area contributed by atoms with Crippen molar-refractivity contribution >= 4 is 0 Å². The van der Waals surface area contributed by atoms with E-state index in [1.54, 1.807) is 6.26 Å². The summed E-state index contributed by atoms with van der Waals surface area (Å²) in [7, 11) is 0. The molecule has 0 bridgehead atoms. The lowest BCUT2D eigenvalue weighted by Gasteiger charge is -2.11. The Kier molecular flexibility index (Phi) is 3.99. The zero-order valence-corrected chi connectivity index (χ0v) is 11.6. The Morgan fingerprint density at radius 2 is 1.57 bits per heavy atom. The molecule has 21 heavy (non-hydrogen) atoms. The van der Waals surface area contributed by atoms with Crippen LogP contribution in [0.1, 0.15) is 0 Å². The topological polar surface area (TPSA) is 35.2 Å². The quantitative estimate of drug-likeness (QED) is 0.857. The van der Waals surface area contributed by atoms with Crippen LogP contribution in [-0.2, 0) is 0 Å². The van der Waals surface area contributed by atoms with Crippen LogP contribution in [0.3, 0.4) is 0 Å². The molecule has 2 heteroatoms. The molecule has 104 valence electrons. The number of hydrogen-bond donors (Lipinski definition) is 1. The lowest BCUT2D eigenvalue weighted by molar-refractivity contribution is 0.474. The first-order valence-corrected chi connectivity index (χ1v) is 6.95. The second-order valence-electron chi connectivity index (χ2n) is 4.90. The molecule has 3 rings (SSSR count). The molecule has 1 unspecified atom stereocenters. The molecule has 0 amide bonds. The van der Waals surface area contributed by atoms with Crippen molar-refractivity contribution < 1.29 is 4.74 Å². The van der Waals surface area contributed by atoms with E-state index < -0.39 is 0 Å². The lowest BCUT2D eigenvalue weighted by atomic mass is 10.0. The van der Waals surface area contributed by atoms with Gasteiger partial charge >= 0.3 is 0 Å². The van der Waals surface area contributed by atoms with Crippen LogP contribution in [0.5, 0.6) is 5.75 Å². The van der Waals surface area contributed by atoms with Crippen LogP contribution in [0.25, 0.3) is 11.1 Å². The first-order valence-electron chi connectivity index (χ1n) is 6.95. The van der Waals surface area contributed by atoms with Crippen molar-refractivity contribution in [2.45, 2.75) is 6.04 Å². The number of hydrogen-bond acceptors (Lipinski definition) is 2. The number of nitrogens with two attached hydrogens (primary N) is 1. The molecule has 0 saturated carbocycles. The SMILES string of the molecule is NC1C=CC=CC1=COc1ccc(-c2ccccc2)cc1. The largest absolute Gasteiger partial charge is 0.465 e. The van der Waals surface area contributed by atoms with Crippen LogP contribution < -0.4 is 10.5 Å². The van der Waals surface area contributed by atoms with Gasteiger partial charge < -0.3 is 10.5 Å². The standard InChI is InChI=1S/C19H17NO/c20-19-9-5-4-8-17(19)14-21-18-12-10-16(11-13-18)15-6-2-1-3-7-15/h1-14,19H,20H2. The van der Waals surface area contributed by atoms with Crippen molar-refractivity contribution in [2.24, 2.45) is 5.73 Å². The molecule has 1 aliphatic rings. The molecular weight excluding hydrogens is 258 g/mol. The minimum absolute atomic E-state index is 0.0985. The summed E-state index contributed by atoms with van der Waals surface area (Å²) in [6.07, 6.45) is 9.51. The average Bonchev–Trinajstić information content (AvgIpc) is 2.55. The Morgan fingerprint density at radius 3 is 2.29 bits per heavy atom. The second-order valence-corrected chi connectivity index (χ2v) is 4.90. The molecule has 2 aromatic rings. The van der Waals surface area contributed by atoms with Gasteiger partial charge in [-0.2, -0.15) is 0 Å². The lowest BCUT2D eigenvalue weighted by Crippen LogP contribution is -2.20. The van der Waals surface area contributed by atoms with Gasteiger partial charge in [-0.15, -0.1) is 0 Å². The Labute approximate surface area is 124 Å². The Hall–Kier alpha value is -2.58. The van der Waals surface area contributed by atoms with Crippen LogP contribution in [0.4, 0.5) is 0 Å². The van der Waals surface area contributed by atoms with Crippen LogP contribution in [0.15, 0.2) is 90.7 Å². The van der Waals surface area contributed by atoms with Gasteiger partial charge in [-0.25, -0.2) is 0 Å². The van der Waals surface area contributed by atoms with E-state index >= 15 is 0 Å². The van der Waals surface area contributed by atoms with E-state index in [1.807, 2.05) is 54.6 Å². The summed E-state index contributed by atoms with van der Waals surface area (Å²) in [6, 6.07) is 18.2. The van der Waals surface area contributed by atoms with Crippen LogP contribution >= 0.6 is 0 Å². The van der Waals surface area contributed by atoms with E-state index in [2.05, 4.69) is 24.3 Å². The molecule has 0 aliphatic heterocycles. The maximum Gasteiger partial charge on any atom is 0.126 e. The predicted octanol–water partition coefficient (Wildman–Crippen LogP) is 4.07. The average molecular weight is 275 g/mol. The van der Waals surface area contributed by atoms with E-state index in [1.165, 1.54) is 11.1 Å². The van der Waals surface area contributed by atoms with Gasteiger partial charge in [-0.1, -0.05) is 66.8 Å². The molecule has 0 aromatic heterocycles. The molecule has 2 N–H and O–H groups in total. The van der Waals surface area contributed by atoms with Crippen molar-refractivity contribution in [1.82, 2.24) is 0 Å². The van der Waals surface area contributed by atoms with Gasteiger partial charge in [0, 0.05) is 5.57 Å². The fraction of sp³-hybridized carbons (Fsp3) is 0.0526. The minimum Gasteiger partial charge on any atom is -0.465 e. The van der Waals surface area contributed by atoms with Gasteiger partial charge in [0.15, 0.2) is 0 Å². The molecule has 0 fully saturated rings. The summed E-state index contributed by atoms with van der Waals surface area (Å²) in [5, 5.41) is 0. The van der Waals surface area contributed by atoms with Crippen LogP contribution in [0.2, 0.25) is 0 Å². The summed E-state index contributed by atoms with van der Waals surface area (Å²) < 4.78 is 5.68. The second kappa shape index (κ2) is 6.25. The molecule has 2 nitrogen and oxygen atoms in total. The summed E-state index contributed by atoms with van der Waals surface area (Å²) in [4.78, 5) is 0. The maximum atomic E-state index is 5.96. The smallest absolute Gasteiger partial charge is 0.126 e. The Morgan fingerprint density at radius 1 is 0.857 bits per heavy atom. The molecule has 0 radical (unpaired) electrons.